The minimum absolute atomic E-state index is 0.0144. The molecular formula is C53H83N3O10. The van der Waals surface area contributed by atoms with Crippen LogP contribution in [0.15, 0.2) is 60.3 Å². The number of amides is 2. The number of oxime groups is 1. The number of aliphatic hydroxyl groups excluding tert-OH is 2. The summed E-state index contributed by atoms with van der Waals surface area (Å²) < 4.78 is 32.2. The number of nitrogens with one attached hydrogen (secondary N) is 1. The number of carbonyl (C=O) groups excluding carboxylic acids is 2. The highest BCUT2D eigenvalue weighted by Crippen LogP contribution is 2.62. The molecule has 3 N–H and O–H groups in total. The van der Waals surface area contributed by atoms with Crippen molar-refractivity contribution in [1.82, 2.24) is 10.2 Å². The standard InChI is InChI=1S/C53H83N3O10/c1-5-9-11-12-13-14-15-16-17-21-30-54-51(59)64-41-28-29-46-44(38-41)49-42(26-19-23-33-58)40(25-18-22-32-57)37-43-45(55-66-48-27-20-24-36-61-48)39-47(53(65-46,50(43)49)63-34-8-4)56(31-7-3)52(60)62-35-10-6-2/h6,8,28-29,37-38,40,42,47-50,57-58H,2,4-5,7,9-27,30-36,39H2,1,3H3,(H,54,59). The number of carbonyl (C=O) groups is 2. The summed E-state index contributed by atoms with van der Waals surface area (Å²) in [6.45, 7) is 14.1. The third kappa shape index (κ3) is 14.8. The third-order valence-corrected chi connectivity index (χ3v) is 13.7. The summed E-state index contributed by atoms with van der Waals surface area (Å²) in [5.41, 5.74) is 2.48. The lowest BCUT2D eigenvalue weighted by atomic mass is 9.55. The van der Waals surface area contributed by atoms with E-state index in [1.54, 1.807) is 23.1 Å². The second-order valence-corrected chi connectivity index (χ2v) is 18.6. The molecule has 0 bridgehead atoms. The molecule has 2 aliphatic carbocycles. The molecule has 2 fully saturated rings. The maximum absolute atomic E-state index is 14.3. The van der Waals surface area contributed by atoms with Crippen LogP contribution in [0.5, 0.6) is 11.5 Å². The molecule has 0 spiro atoms. The highest BCUT2D eigenvalue weighted by atomic mass is 16.8. The first kappa shape index (κ1) is 53.1. The van der Waals surface area contributed by atoms with Gasteiger partial charge >= 0.3 is 12.2 Å². The van der Waals surface area contributed by atoms with E-state index in [-0.39, 0.29) is 50.6 Å². The Balaban J connectivity index is 1.55. The van der Waals surface area contributed by atoms with Crippen molar-refractivity contribution in [3.63, 3.8) is 0 Å². The number of nitrogens with zero attached hydrogens (tertiary/aromatic N) is 2. The number of ether oxygens (including phenoxy) is 5. The van der Waals surface area contributed by atoms with Gasteiger partial charge in [-0.2, -0.15) is 0 Å². The van der Waals surface area contributed by atoms with Crippen LogP contribution in [0.25, 0.3) is 0 Å². The largest absolute Gasteiger partial charge is 0.459 e. The van der Waals surface area contributed by atoms with E-state index in [1.165, 1.54) is 44.9 Å². The van der Waals surface area contributed by atoms with E-state index in [2.05, 4.69) is 31.5 Å². The van der Waals surface area contributed by atoms with E-state index < -0.39 is 36.2 Å². The van der Waals surface area contributed by atoms with Crippen molar-refractivity contribution in [2.75, 3.05) is 46.1 Å². The Labute approximate surface area is 395 Å². The Morgan fingerprint density at radius 2 is 1.67 bits per heavy atom. The molecule has 13 nitrogen and oxygen atoms in total. The minimum atomic E-state index is -1.43. The Bertz CT molecular complexity index is 1700. The zero-order valence-corrected chi connectivity index (χ0v) is 40.4. The lowest BCUT2D eigenvalue weighted by Crippen LogP contribution is -2.70. The molecule has 1 saturated heterocycles. The molecule has 5 rings (SSSR count). The van der Waals surface area contributed by atoms with Crippen LogP contribution in [0.3, 0.4) is 0 Å². The van der Waals surface area contributed by atoms with Crippen molar-refractivity contribution < 1.29 is 48.3 Å². The van der Waals surface area contributed by atoms with E-state index in [0.717, 1.165) is 75.3 Å². The van der Waals surface area contributed by atoms with Crippen molar-refractivity contribution in [2.24, 2.45) is 22.9 Å². The fourth-order valence-corrected chi connectivity index (χ4v) is 10.5. The summed E-state index contributed by atoms with van der Waals surface area (Å²) in [7, 11) is 0. The molecule has 0 radical (unpaired) electrons. The summed E-state index contributed by atoms with van der Waals surface area (Å²) in [6, 6.07) is 4.84. The van der Waals surface area contributed by atoms with Gasteiger partial charge in [0.2, 0.25) is 12.1 Å². The van der Waals surface area contributed by atoms with Crippen molar-refractivity contribution in [2.45, 2.75) is 179 Å². The molecule has 7 unspecified atom stereocenters. The van der Waals surface area contributed by atoms with Crippen molar-refractivity contribution in [3.05, 3.63) is 60.7 Å². The molecule has 1 saturated carbocycles. The van der Waals surface area contributed by atoms with Crippen LogP contribution in [0, 0.1) is 17.8 Å². The molecule has 370 valence electrons. The highest BCUT2D eigenvalue weighted by Gasteiger charge is 2.65. The van der Waals surface area contributed by atoms with E-state index in [1.807, 2.05) is 19.1 Å². The first-order chi connectivity index (χ1) is 32.3. The molecule has 2 amide bonds. The predicted octanol–water partition coefficient (Wildman–Crippen LogP) is 11.3. The lowest BCUT2D eigenvalue weighted by molar-refractivity contribution is -0.255. The third-order valence-electron chi connectivity index (χ3n) is 13.7. The zero-order chi connectivity index (χ0) is 47.0. The summed E-state index contributed by atoms with van der Waals surface area (Å²) >= 11 is 0. The van der Waals surface area contributed by atoms with Crippen molar-refractivity contribution >= 4 is 17.9 Å². The number of hydrogen-bond donors (Lipinski definition) is 3. The SMILES string of the molecule is C=CCCOC(=O)N(CCC)C1CC(=NOC2CCCCO2)C2=CC(CCCCO)C(CCCCO)C3c4cc(OC(=O)NCCCCCCCCCCCC)ccc4OC1(OCC=C)C23. The van der Waals surface area contributed by atoms with Crippen molar-refractivity contribution in [1.29, 1.82) is 0 Å². The second kappa shape index (κ2) is 29.1. The number of rotatable bonds is 31. The van der Waals surface area contributed by atoms with Crippen LogP contribution in [0.1, 0.15) is 167 Å². The monoisotopic (exact) mass is 922 g/mol. The molecular weight excluding hydrogens is 839 g/mol. The molecule has 66 heavy (non-hydrogen) atoms. The van der Waals surface area contributed by atoms with Gasteiger partial charge < -0.3 is 44.1 Å². The molecule has 2 aliphatic heterocycles. The van der Waals surface area contributed by atoms with Gasteiger partial charge in [0.15, 0.2) is 0 Å². The van der Waals surface area contributed by atoms with Gasteiger partial charge in [0.25, 0.3) is 0 Å². The van der Waals surface area contributed by atoms with Crippen LogP contribution < -0.4 is 14.8 Å². The second-order valence-electron chi connectivity index (χ2n) is 18.6. The Morgan fingerprint density at radius 3 is 2.35 bits per heavy atom. The number of hydrogen-bond acceptors (Lipinski definition) is 11. The first-order valence-electron chi connectivity index (χ1n) is 25.7. The first-order valence-corrected chi connectivity index (χ1v) is 25.7. The highest BCUT2D eigenvalue weighted by molar-refractivity contribution is 6.03. The van der Waals surface area contributed by atoms with Gasteiger partial charge in [0.05, 0.1) is 31.5 Å². The molecule has 13 heteroatoms. The fourth-order valence-electron chi connectivity index (χ4n) is 10.5. The van der Waals surface area contributed by atoms with Gasteiger partial charge in [-0.1, -0.05) is 108 Å². The van der Waals surface area contributed by atoms with Gasteiger partial charge in [-0.3, -0.25) is 4.90 Å². The normalized spacial score (nSPS) is 24.8. The Morgan fingerprint density at radius 1 is 0.924 bits per heavy atom. The van der Waals surface area contributed by atoms with E-state index in [0.29, 0.717) is 62.6 Å². The summed E-state index contributed by atoms with van der Waals surface area (Å²) in [6.07, 6.45) is 25.0. The Kier molecular flexibility index (Phi) is 23.4. The van der Waals surface area contributed by atoms with E-state index >= 15 is 0 Å². The predicted molar refractivity (Wildman–Crippen MR) is 259 cm³/mol. The summed E-state index contributed by atoms with van der Waals surface area (Å²) in [5, 5.41) is 27.8. The van der Waals surface area contributed by atoms with Gasteiger partial charge in [-0.15, -0.1) is 13.2 Å². The summed E-state index contributed by atoms with van der Waals surface area (Å²) in [4.78, 5) is 35.6. The van der Waals surface area contributed by atoms with Gasteiger partial charge in [0, 0.05) is 50.6 Å². The fraction of sp³-hybridized carbons (Fsp3) is 0.717. The number of fused-ring (bicyclic) bond motifs is 2. The number of allylic oxidation sites excluding steroid dienone is 1. The Hall–Kier alpha value is -3.91. The molecule has 4 aliphatic rings. The smallest absolute Gasteiger partial charge is 0.412 e. The lowest BCUT2D eigenvalue weighted by Gasteiger charge is -2.59. The molecule has 0 aromatic heterocycles. The van der Waals surface area contributed by atoms with Crippen molar-refractivity contribution in [3.8, 4) is 11.5 Å². The quantitative estimate of drug-likeness (QED) is 0.0372. The molecule has 7 atom stereocenters. The van der Waals surface area contributed by atoms with Crippen LogP contribution in [-0.2, 0) is 19.0 Å². The van der Waals surface area contributed by atoms with Crippen LogP contribution >= 0.6 is 0 Å². The zero-order valence-electron chi connectivity index (χ0n) is 40.4. The van der Waals surface area contributed by atoms with Gasteiger partial charge in [-0.05, 0) is 93.4 Å². The van der Waals surface area contributed by atoms with Gasteiger partial charge in [-0.25, -0.2) is 9.59 Å². The average molecular weight is 922 g/mol. The molecule has 1 aromatic carbocycles. The topological polar surface area (TPSA) is 158 Å². The van der Waals surface area contributed by atoms with Crippen LogP contribution in [-0.4, -0.2) is 97.3 Å². The minimum Gasteiger partial charge on any atom is -0.459 e. The number of benzene rings is 1. The number of unbranched alkanes of at least 4 members (excludes halogenated alkanes) is 11. The van der Waals surface area contributed by atoms with E-state index in [4.69, 9.17) is 33.7 Å². The van der Waals surface area contributed by atoms with Crippen LogP contribution in [0.4, 0.5) is 9.59 Å². The van der Waals surface area contributed by atoms with Crippen LogP contribution in [0.2, 0.25) is 0 Å². The maximum Gasteiger partial charge on any atom is 0.412 e. The maximum atomic E-state index is 14.3. The van der Waals surface area contributed by atoms with E-state index in [9.17, 15) is 19.8 Å². The summed E-state index contributed by atoms with van der Waals surface area (Å²) in [5.74, 6) is -1.16. The molecule has 1 aromatic rings. The van der Waals surface area contributed by atoms with Gasteiger partial charge in [0.1, 0.15) is 17.5 Å². The molecule has 2 heterocycles. The number of aliphatic hydroxyl groups is 2. The average Bonchev–Trinajstić information content (AvgIpc) is 3.32.